The number of hydrogen-bond acceptors (Lipinski definition) is 5. The summed E-state index contributed by atoms with van der Waals surface area (Å²) in [6, 6.07) is 24.6. The summed E-state index contributed by atoms with van der Waals surface area (Å²) in [5, 5.41) is 10.1. The number of nitrogens with zero attached hydrogens (tertiary/aromatic N) is 5. The molecule has 1 amide bonds. The van der Waals surface area contributed by atoms with Crippen LogP contribution in [0.1, 0.15) is 16.8 Å². The van der Waals surface area contributed by atoms with Gasteiger partial charge in [-0.1, -0.05) is 41.9 Å². The van der Waals surface area contributed by atoms with Gasteiger partial charge in [-0.3, -0.25) is 9.69 Å². The molecule has 0 atom stereocenters. The first-order valence-corrected chi connectivity index (χ1v) is 12.0. The standard InChI is InChI=1S/C28H24ClN5O2/c29-23-5-4-6-24(14-23)34-12-11-32(19-28(34)35)18-25-16-31-20-33(25)17-21-9-10-22(15-30)27(13-21)36-26-7-2-1-3-8-26/h1-10,13-14,16,20H,11-12,17-19H2. The fourth-order valence-corrected chi connectivity index (χ4v) is 4.46. The molecule has 1 fully saturated rings. The first-order chi connectivity index (χ1) is 17.6. The summed E-state index contributed by atoms with van der Waals surface area (Å²) in [5.74, 6) is 1.24. The van der Waals surface area contributed by atoms with Crippen LogP contribution in [0.15, 0.2) is 85.3 Å². The zero-order valence-electron chi connectivity index (χ0n) is 19.5. The second kappa shape index (κ2) is 10.6. The van der Waals surface area contributed by atoms with Crippen LogP contribution in [-0.4, -0.2) is 40.0 Å². The van der Waals surface area contributed by atoms with Crippen molar-refractivity contribution in [3.8, 4) is 17.6 Å². The van der Waals surface area contributed by atoms with Crippen molar-refractivity contribution in [2.75, 3.05) is 24.5 Å². The van der Waals surface area contributed by atoms with E-state index in [1.165, 1.54) is 0 Å². The van der Waals surface area contributed by atoms with Crippen LogP contribution in [0, 0.1) is 11.3 Å². The SMILES string of the molecule is N#Cc1ccc(Cn2cncc2CN2CCN(c3cccc(Cl)c3)C(=O)C2)cc1Oc1ccccc1. The molecule has 0 saturated carbocycles. The minimum Gasteiger partial charge on any atom is -0.456 e. The molecule has 1 saturated heterocycles. The van der Waals surface area contributed by atoms with E-state index in [9.17, 15) is 10.1 Å². The number of halogens is 1. The molecule has 0 spiro atoms. The van der Waals surface area contributed by atoms with Gasteiger partial charge >= 0.3 is 0 Å². The average molecular weight is 498 g/mol. The Morgan fingerprint density at radius 3 is 2.64 bits per heavy atom. The summed E-state index contributed by atoms with van der Waals surface area (Å²) < 4.78 is 8.03. The third kappa shape index (κ3) is 5.41. The highest BCUT2D eigenvalue weighted by Gasteiger charge is 2.26. The molecule has 7 nitrogen and oxygen atoms in total. The number of anilines is 1. The third-order valence-electron chi connectivity index (χ3n) is 6.09. The van der Waals surface area contributed by atoms with Crippen molar-refractivity contribution in [2.45, 2.75) is 13.1 Å². The maximum Gasteiger partial charge on any atom is 0.241 e. The van der Waals surface area contributed by atoms with E-state index in [0.29, 0.717) is 48.3 Å². The molecule has 180 valence electrons. The number of nitriles is 1. The molecule has 0 bridgehead atoms. The third-order valence-corrected chi connectivity index (χ3v) is 6.33. The molecule has 8 heteroatoms. The maximum absolute atomic E-state index is 12.8. The van der Waals surface area contributed by atoms with Gasteiger partial charge in [-0.05, 0) is 48.0 Å². The molecule has 0 aliphatic carbocycles. The van der Waals surface area contributed by atoms with E-state index in [2.05, 4.69) is 20.5 Å². The zero-order valence-corrected chi connectivity index (χ0v) is 20.3. The molecule has 5 rings (SSSR count). The van der Waals surface area contributed by atoms with E-state index >= 15 is 0 Å². The number of piperazine rings is 1. The molecule has 1 aromatic heterocycles. The molecule has 0 unspecified atom stereocenters. The molecule has 2 heterocycles. The van der Waals surface area contributed by atoms with Crippen molar-refractivity contribution in [2.24, 2.45) is 0 Å². The van der Waals surface area contributed by atoms with Crippen LogP contribution >= 0.6 is 11.6 Å². The lowest BCUT2D eigenvalue weighted by molar-refractivity contribution is -0.121. The van der Waals surface area contributed by atoms with Gasteiger partial charge in [-0.2, -0.15) is 5.26 Å². The van der Waals surface area contributed by atoms with Crippen LogP contribution in [0.5, 0.6) is 11.5 Å². The first-order valence-electron chi connectivity index (χ1n) is 11.6. The van der Waals surface area contributed by atoms with Crippen LogP contribution in [0.4, 0.5) is 5.69 Å². The van der Waals surface area contributed by atoms with E-state index < -0.39 is 0 Å². The summed E-state index contributed by atoms with van der Waals surface area (Å²) in [6.07, 6.45) is 3.62. The predicted molar refractivity (Wildman–Crippen MR) is 138 cm³/mol. The second-order valence-electron chi connectivity index (χ2n) is 8.61. The summed E-state index contributed by atoms with van der Waals surface area (Å²) in [5.41, 5.74) is 3.30. The van der Waals surface area contributed by atoms with E-state index in [1.54, 1.807) is 23.4 Å². The van der Waals surface area contributed by atoms with Crippen molar-refractivity contribution >= 4 is 23.2 Å². The van der Waals surface area contributed by atoms with Crippen LogP contribution in [-0.2, 0) is 17.9 Å². The Morgan fingerprint density at radius 1 is 1.00 bits per heavy atom. The van der Waals surface area contributed by atoms with Gasteiger partial charge in [-0.15, -0.1) is 0 Å². The number of imidazole rings is 1. The molecule has 0 N–H and O–H groups in total. The Bertz CT molecular complexity index is 1410. The number of aromatic nitrogens is 2. The summed E-state index contributed by atoms with van der Waals surface area (Å²) in [7, 11) is 0. The van der Waals surface area contributed by atoms with Crippen molar-refractivity contribution in [1.29, 1.82) is 5.26 Å². The number of carbonyl (C=O) groups excluding carboxylic acids is 1. The molecule has 1 aliphatic rings. The van der Waals surface area contributed by atoms with E-state index in [1.807, 2.05) is 66.9 Å². The van der Waals surface area contributed by atoms with E-state index in [0.717, 1.165) is 23.5 Å². The average Bonchev–Trinajstić information content (AvgIpc) is 3.31. The van der Waals surface area contributed by atoms with Gasteiger partial charge in [0, 0.05) is 43.1 Å². The summed E-state index contributed by atoms with van der Waals surface area (Å²) in [4.78, 5) is 21.1. The lowest BCUT2D eigenvalue weighted by Gasteiger charge is -2.34. The number of benzene rings is 3. The molecular formula is C28H24ClN5O2. The monoisotopic (exact) mass is 497 g/mol. The smallest absolute Gasteiger partial charge is 0.241 e. The van der Waals surface area contributed by atoms with Crippen LogP contribution in [0.2, 0.25) is 5.02 Å². The van der Waals surface area contributed by atoms with E-state index in [4.69, 9.17) is 16.3 Å². The number of rotatable bonds is 7. The zero-order chi connectivity index (χ0) is 24.9. The molecule has 1 aliphatic heterocycles. The van der Waals surface area contributed by atoms with Gasteiger partial charge in [0.15, 0.2) is 0 Å². The fraction of sp³-hybridized carbons (Fsp3) is 0.179. The molecule has 0 radical (unpaired) electrons. The van der Waals surface area contributed by atoms with E-state index in [-0.39, 0.29) is 5.91 Å². The highest BCUT2D eigenvalue weighted by atomic mass is 35.5. The quantitative estimate of drug-likeness (QED) is 0.355. The van der Waals surface area contributed by atoms with Gasteiger partial charge in [0.05, 0.1) is 24.1 Å². The molecule has 4 aromatic rings. The van der Waals surface area contributed by atoms with Gasteiger partial charge in [0.2, 0.25) is 5.91 Å². The number of hydrogen-bond donors (Lipinski definition) is 0. The van der Waals surface area contributed by atoms with Crippen molar-refractivity contribution in [3.63, 3.8) is 0 Å². The minimum atomic E-state index is 0.0457. The van der Waals surface area contributed by atoms with Crippen LogP contribution < -0.4 is 9.64 Å². The minimum absolute atomic E-state index is 0.0457. The van der Waals surface area contributed by atoms with Gasteiger partial charge in [-0.25, -0.2) is 4.98 Å². The maximum atomic E-state index is 12.8. The largest absolute Gasteiger partial charge is 0.456 e. The molecule has 3 aromatic carbocycles. The van der Waals surface area contributed by atoms with Gasteiger partial charge in [0.25, 0.3) is 0 Å². The number of ether oxygens (including phenoxy) is 1. The lowest BCUT2D eigenvalue weighted by atomic mass is 10.1. The van der Waals surface area contributed by atoms with Crippen molar-refractivity contribution < 1.29 is 9.53 Å². The number of para-hydroxylation sites is 1. The number of carbonyl (C=O) groups is 1. The Morgan fingerprint density at radius 2 is 1.86 bits per heavy atom. The predicted octanol–water partition coefficient (Wildman–Crippen LogP) is 5.10. The van der Waals surface area contributed by atoms with Crippen LogP contribution in [0.3, 0.4) is 0 Å². The number of amides is 1. The lowest BCUT2D eigenvalue weighted by Crippen LogP contribution is -2.50. The topological polar surface area (TPSA) is 74.4 Å². The Kier molecular flexibility index (Phi) is 6.99. The fourth-order valence-electron chi connectivity index (χ4n) is 4.28. The second-order valence-corrected chi connectivity index (χ2v) is 9.04. The van der Waals surface area contributed by atoms with Gasteiger partial charge in [0.1, 0.15) is 17.6 Å². The highest BCUT2D eigenvalue weighted by molar-refractivity contribution is 6.30. The summed E-state index contributed by atoms with van der Waals surface area (Å²) in [6.45, 7) is 2.85. The Balaban J connectivity index is 1.26. The summed E-state index contributed by atoms with van der Waals surface area (Å²) >= 11 is 6.10. The normalized spacial score (nSPS) is 14.0. The van der Waals surface area contributed by atoms with Crippen LogP contribution in [0.25, 0.3) is 0 Å². The molecular weight excluding hydrogens is 474 g/mol. The van der Waals surface area contributed by atoms with Gasteiger partial charge < -0.3 is 14.2 Å². The van der Waals surface area contributed by atoms with Crippen molar-refractivity contribution in [3.05, 3.63) is 107 Å². The Hall–Kier alpha value is -4.12. The first kappa shape index (κ1) is 23.6. The van der Waals surface area contributed by atoms with Crippen molar-refractivity contribution in [1.82, 2.24) is 14.5 Å². The molecule has 36 heavy (non-hydrogen) atoms. The highest BCUT2D eigenvalue weighted by Crippen LogP contribution is 2.27. The Labute approximate surface area is 214 Å².